The lowest BCUT2D eigenvalue weighted by molar-refractivity contribution is -0.156. The average molecular weight is 636 g/mol. The second-order valence-electron chi connectivity index (χ2n) is 8.58. The number of hydrazine groups is 1. The zero-order valence-corrected chi connectivity index (χ0v) is 22.4. The number of nitrogens with zero attached hydrogens (tertiary/aromatic N) is 2. The molecule has 2 bridgehead atoms. The third-order valence-corrected chi connectivity index (χ3v) is 11.1. The van der Waals surface area contributed by atoms with Gasteiger partial charge in [0.1, 0.15) is 0 Å². The molecule has 0 aromatic heterocycles. The van der Waals surface area contributed by atoms with Gasteiger partial charge in [-0.25, -0.2) is 5.01 Å². The van der Waals surface area contributed by atoms with E-state index >= 15 is 0 Å². The number of hydrogen-bond donors (Lipinski definition) is 0. The summed E-state index contributed by atoms with van der Waals surface area (Å²) in [6, 6.07) is 11.5. The van der Waals surface area contributed by atoms with E-state index in [9.17, 15) is 14.4 Å². The largest absolute Gasteiger partial charge is 0.274 e. The van der Waals surface area contributed by atoms with E-state index in [0.717, 1.165) is 11.4 Å². The quantitative estimate of drug-likeness (QED) is 0.307. The molecule has 0 unspecified atom stereocenters. The molecular weight excluding hydrogens is 618 g/mol. The first-order valence-corrected chi connectivity index (χ1v) is 13.3. The maximum atomic E-state index is 13.6. The second kappa shape index (κ2) is 8.83. The Morgan fingerprint density at radius 3 is 2.09 bits per heavy atom. The predicted octanol–water partition coefficient (Wildman–Crippen LogP) is 5.98. The van der Waals surface area contributed by atoms with Gasteiger partial charge < -0.3 is 0 Å². The van der Waals surface area contributed by atoms with Gasteiger partial charge in [-0.15, -0.1) is 0 Å². The van der Waals surface area contributed by atoms with Gasteiger partial charge in [-0.1, -0.05) is 84.9 Å². The highest BCUT2D eigenvalue weighted by molar-refractivity contribution is 9.12. The number of carbonyl (C=O) groups excluding carboxylic acids is 3. The molecule has 6 atom stereocenters. The molecule has 1 heterocycles. The van der Waals surface area contributed by atoms with Gasteiger partial charge in [0.05, 0.1) is 39.0 Å². The van der Waals surface area contributed by atoms with Crippen LogP contribution in [-0.2, 0) is 16.1 Å². The van der Waals surface area contributed by atoms with Crippen LogP contribution < -0.4 is 0 Å². The Kier molecular flexibility index (Phi) is 6.32. The van der Waals surface area contributed by atoms with Gasteiger partial charge >= 0.3 is 0 Å². The molecule has 3 aliphatic rings. The lowest BCUT2D eigenvalue weighted by Gasteiger charge is -2.31. The number of imide groups is 1. The molecule has 5 rings (SSSR count). The number of amides is 3. The number of halogens is 5. The van der Waals surface area contributed by atoms with Crippen molar-refractivity contribution in [1.29, 1.82) is 0 Å². The minimum atomic E-state index is -0.536. The van der Waals surface area contributed by atoms with E-state index in [2.05, 4.69) is 31.9 Å². The molecule has 2 aromatic rings. The topological polar surface area (TPSA) is 57.7 Å². The maximum absolute atomic E-state index is 13.6. The summed E-state index contributed by atoms with van der Waals surface area (Å²) in [7, 11) is 0. The first-order chi connectivity index (χ1) is 15.7. The van der Waals surface area contributed by atoms with Gasteiger partial charge in [-0.2, -0.15) is 5.01 Å². The van der Waals surface area contributed by atoms with E-state index in [1.165, 1.54) is 5.01 Å². The number of rotatable bonds is 4. The smallest absolute Gasteiger partial charge is 0.272 e. The van der Waals surface area contributed by atoms with Crippen LogP contribution in [0.1, 0.15) is 22.3 Å². The van der Waals surface area contributed by atoms with Crippen molar-refractivity contribution in [1.82, 2.24) is 10.0 Å². The molecule has 3 amide bonds. The highest BCUT2D eigenvalue weighted by Gasteiger charge is 2.67. The van der Waals surface area contributed by atoms with E-state index in [-0.39, 0.29) is 50.4 Å². The fourth-order valence-electron chi connectivity index (χ4n) is 5.39. The fourth-order valence-corrected chi connectivity index (χ4v) is 7.80. The molecule has 3 fully saturated rings. The number of fused-ring (bicyclic) bond motifs is 5. The molecule has 1 aliphatic heterocycles. The molecule has 2 saturated carbocycles. The third kappa shape index (κ3) is 3.75. The van der Waals surface area contributed by atoms with E-state index < -0.39 is 17.7 Å². The summed E-state index contributed by atoms with van der Waals surface area (Å²) in [5, 5.41) is 3.15. The zero-order chi connectivity index (χ0) is 23.6. The normalized spacial score (nSPS) is 30.2. The molecule has 5 nitrogen and oxygen atoms in total. The molecular formula is C23H17Br2Cl3N2O3. The Morgan fingerprint density at radius 2 is 1.52 bits per heavy atom. The lowest BCUT2D eigenvalue weighted by atomic mass is 9.81. The van der Waals surface area contributed by atoms with Gasteiger partial charge in [-0.05, 0) is 48.1 Å². The van der Waals surface area contributed by atoms with Crippen LogP contribution in [0.5, 0.6) is 0 Å². The minimum absolute atomic E-state index is 0.0352. The van der Waals surface area contributed by atoms with E-state index in [1.54, 1.807) is 42.5 Å². The van der Waals surface area contributed by atoms with Crippen LogP contribution in [0.4, 0.5) is 0 Å². The van der Waals surface area contributed by atoms with Crippen molar-refractivity contribution < 1.29 is 14.4 Å². The van der Waals surface area contributed by atoms with Crippen molar-refractivity contribution in [2.45, 2.75) is 22.6 Å². The first-order valence-electron chi connectivity index (χ1n) is 10.4. The summed E-state index contributed by atoms with van der Waals surface area (Å²) < 4.78 is 0. The maximum Gasteiger partial charge on any atom is 0.274 e. The average Bonchev–Trinajstić information content (AvgIpc) is 3.39. The van der Waals surface area contributed by atoms with Crippen molar-refractivity contribution in [3.05, 3.63) is 68.7 Å². The summed E-state index contributed by atoms with van der Waals surface area (Å²) in [4.78, 5) is 41.1. The second-order valence-corrected chi connectivity index (χ2v) is 11.9. The van der Waals surface area contributed by atoms with Gasteiger partial charge in [0, 0.05) is 9.65 Å². The zero-order valence-electron chi connectivity index (χ0n) is 16.9. The molecule has 172 valence electrons. The number of benzene rings is 2. The monoisotopic (exact) mass is 632 g/mol. The summed E-state index contributed by atoms with van der Waals surface area (Å²) in [6.45, 7) is -0.0390. The van der Waals surface area contributed by atoms with Crippen molar-refractivity contribution in [2.75, 3.05) is 0 Å². The van der Waals surface area contributed by atoms with Gasteiger partial charge in [-0.3, -0.25) is 14.4 Å². The van der Waals surface area contributed by atoms with E-state index in [4.69, 9.17) is 34.8 Å². The lowest BCUT2D eigenvalue weighted by Crippen LogP contribution is -2.50. The van der Waals surface area contributed by atoms with Crippen LogP contribution in [0.2, 0.25) is 15.1 Å². The predicted molar refractivity (Wildman–Crippen MR) is 134 cm³/mol. The molecule has 0 N–H and O–H groups in total. The highest BCUT2D eigenvalue weighted by atomic mass is 79.9. The third-order valence-electron chi connectivity index (χ3n) is 6.86. The summed E-state index contributed by atoms with van der Waals surface area (Å²) in [6.07, 6.45) is 0.803. The molecule has 0 radical (unpaired) electrons. The summed E-state index contributed by atoms with van der Waals surface area (Å²) in [5.41, 5.74) is 0.832. The first kappa shape index (κ1) is 23.6. The molecule has 2 aliphatic carbocycles. The van der Waals surface area contributed by atoms with Crippen LogP contribution in [-0.4, -0.2) is 37.4 Å². The fraction of sp³-hybridized carbons (Fsp3) is 0.348. The Bertz CT molecular complexity index is 1150. The minimum Gasteiger partial charge on any atom is -0.272 e. The van der Waals surface area contributed by atoms with Crippen molar-refractivity contribution >= 4 is 84.4 Å². The Hall–Kier alpha value is -1.12. The van der Waals surface area contributed by atoms with E-state index in [1.807, 2.05) is 0 Å². The molecule has 10 heteroatoms. The van der Waals surface area contributed by atoms with Crippen LogP contribution in [0, 0.1) is 23.7 Å². The number of alkyl halides is 2. The number of carbonyl (C=O) groups is 3. The molecule has 2 aromatic carbocycles. The Balaban J connectivity index is 1.55. The number of hydrogen-bond acceptors (Lipinski definition) is 3. The van der Waals surface area contributed by atoms with Crippen LogP contribution in [0.25, 0.3) is 0 Å². The highest BCUT2D eigenvalue weighted by Crippen LogP contribution is 2.60. The van der Waals surface area contributed by atoms with Gasteiger partial charge in [0.25, 0.3) is 17.7 Å². The van der Waals surface area contributed by atoms with Crippen molar-refractivity contribution in [3.63, 3.8) is 0 Å². The van der Waals surface area contributed by atoms with Gasteiger partial charge in [0.2, 0.25) is 0 Å². The van der Waals surface area contributed by atoms with E-state index in [0.29, 0.717) is 15.6 Å². The Labute approximate surface area is 222 Å². The summed E-state index contributed by atoms with van der Waals surface area (Å²) in [5.74, 6) is -2.05. The van der Waals surface area contributed by atoms with Crippen LogP contribution in [0.15, 0.2) is 42.5 Å². The standard InChI is InChI=1S/C23H17Br2Cl3N2O3/c24-19-12-8-13(20(19)25)18-17(12)22(32)30(23(18)33)29(9-10-5-6-15(27)16(28)7-10)21(31)11-3-1-2-4-14(11)26/h1-7,12-13,17-20H,8-9H2/t12-,13-,17-,18-,19-,20+/m1/s1. The molecule has 33 heavy (non-hydrogen) atoms. The van der Waals surface area contributed by atoms with Crippen LogP contribution in [0.3, 0.4) is 0 Å². The van der Waals surface area contributed by atoms with Crippen molar-refractivity contribution in [2.24, 2.45) is 23.7 Å². The van der Waals surface area contributed by atoms with Gasteiger partial charge in [0.15, 0.2) is 0 Å². The SMILES string of the molecule is O=C(c1ccccc1Cl)N(Cc1ccc(Cl)c(Cl)c1)N1C(=O)[C@@H]2[C@H]3C[C@@H]([C@@H](Br)[C@H]3Br)[C@H]2C1=O. The summed E-state index contributed by atoms with van der Waals surface area (Å²) >= 11 is 25.9. The van der Waals surface area contributed by atoms with Crippen molar-refractivity contribution in [3.8, 4) is 0 Å². The Morgan fingerprint density at radius 1 is 0.909 bits per heavy atom. The van der Waals surface area contributed by atoms with Crippen LogP contribution >= 0.6 is 66.7 Å². The molecule has 0 spiro atoms. The molecule has 1 saturated heterocycles.